The third kappa shape index (κ3) is 16.7. The Labute approximate surface area is 476 Å². The normalized spacial score (nSPS) is 19.8. The zero-order chi connectivity index (χ0) is 55.8. The van der Waals surface area contributed by atoms with Gasteiger partial charge in [-0.25, -0.2) is 15.0 Å². The van der Waals surface area contributed by atoms with Crippen molar-refractivity contribution in [2.24, 2.45) is 5.41 Å². The molecule has 0 unspecified atom stereocenters. The molecule has 2 amide bonds. The molecule has 0 radical (unpaired) electrons. The van der Waals surface area contributed by atoms with Crippen LogP contribution in [0.1, 0.15) is 49.6 Å². The largest absolute Gasteiger partial charge is 0.492 e. The summed E-state index contributed by atoms with van der Waals surface area (Å²) in [5, 5.41) is 20.5. The van der Waals surface area contributed by atoms with Crippen molar-refractivity contribution in [1.82, 2.24) is 50.1 Å². The maximum absolute atomic E-state index is 14.2. The van der Waals surface area contributed by atoms with E-state index >= 15 is 0 Å². The molecule has 4 N–H and O–H groups in total. The molecule has 3 saturated heterocycles. The predicted molar refractivity (Wildman–Crippen MR) is 313 cm³/mol. The van der Waals surface area contributed by atoms with Crippen molar-refractivity contribution in [3.8, 4) is 27.4 Å². The quantitative estimate of drug-likeness (QED) is 0.0530. The van der Waals surface area contributed by atoms with E-state index in [9.17, 15) is 14.7 Å². The van der Waals surface area contributed by atoms with E-state index in [0.717, 1.165) is 134 Å². The van der Waals surface area contributed by atoms with Crippen molar-refractivity contribution < 1.29 is 33.6 Å². The molecular formula is C61H81N11O7S. The molecule has 19 heteroatoms. The van der Waals surface area contributed by atoms with Gasteiger partial charge in [-0.2, -0.15) is 0 Å². The van der Waals surface area contributed by atoms with Gasteiger partial charge < -0.3 is 44.9 Å². The summed E-state index contributed by atoms with van der Waals surface area (Å²) in [7, 11) is 0. The number of hydrogen-bond acceptors (Lipinski definition) is 17. The first-order valence-corrected chi connectivity index (χ1v) is 29.1. The molecule has 428 valence electrons. The van der Waals surface area contributed by atoms with Crippen molar-refractivity contribution >= 4 is 34.8 Å². The van der Waals surface area contributed by atoms with Crippen LogP contribution < -0.4 is 20.7 Å². The standard InChI is InChI=1S/C61H81N11O7S/c1-44(63-38-46-11-13-48(14-12-46)57-45(2)64-43-80-57)54-37-52(73)39-72(54)59(75)58(61(3,4)5)67-56(74)42-78-33-29-70-25-21-68(22-26-70)19-20-69-23-27-71(28-24-69)30-34-79-55-16-15-51-36-50(55)41-77-32-7-6-31-76-40-47-9-8-10-49(35-47)53-17-18-62-60(65-51)66-53/h6-18,35-36,43,52,54,58,63,73H,1,19-34,37-42H2,2-5H3,(H,67,74)(H,62,65,66)/b7-6+/t52-,54+,58-/m1/s1. The minimum Gasteiger partial charge on any atom is -0.492 e. The number of nitrogens with zero attached hydrogens (tertiary/aromatic N) is 8. The summed E-state index contributed by atoms with van der Waals surface area (Å²) in [5.74, 6) is 0.742. The summed E-state index contributed by atoms with van der Waals surface area (Å²) in [6.07, 6.45) is 5.43. The first-order chi connectivity index (χ1) is 38.8. The summed E-state index contributed by atoms with van der Waals surface area (Å²) in [6.45, 7) is 27.2. The molecule has 6 bridgehead atoms. The van der Waals surface area contributed by atoms with Gasteiger partial charge in [0.25, 0.3) is 0 Å². The van der Waals surface area contributed by atoms with E-state index in [-0.39, 0.29) is 25.0 Å². The summed E-state index contributed by atoms with van der Waals surface area (Å²) in [4.78, 5) is 54.0. The number of carbonyl (C=O) groups is 2. The molecule has 0 aliphatic carbocycles. The molecule has 80 heavy (non-hydrogen) atoms. The number of aliphatic hydroxyl groups excluding tert-OH is 1. The second kappa shape index (κ2) is 28.5. The molecule has 3 fully saturated rings. The molecule has 5 aromatic rings. The van der Waals surface area contributed by atoms with Crippen molar-refractivity contribution in [3.05, 3.63) is 131 Å². The van der Waals surface area contributed by atoms with E-state index in [1.54, 1.807) is 22.4 Å². The number of thiazole rings is 1. The number of anilines is 2. The van der Waals surface area contributed by atoms with E-state index in [2.05, 4.69) is 101 Å². The maximum atomic E-state index is 14.2. The minimum absolute atomic E-state index is 0.136. The molecule has 3 aromatic carbocycles. The van der Waals surface area contributed by atoms with Crippen molar-refractivity contribution in [1.29, 1.82) is 0 Å². The molecule has 9 rings (SSSR count). The highest BCUT2D eigenvalue weighted by molar-refractivity contribution is 7.13. The number of benzene rings is 3. The summed E-state index contributed by atoms with van der Waals surface area (Å²) >= 11 is 1.62. The second-order valence-electron chi connectivity index (χ2n) is 22.3. The fourth-order valence-electron chi connectivity index (χ4n) is 10.5. The second-order valence-corrected chi connectivity index (χ2v) is 23.1. The van der Waals surface area contributed by atoms with Crippen molar-refractivity contribution in [2.45, 2.75) is 72.1 Å². The van der Waals surface area contributed by atoms with Crippen LogP contribution in [0.3, 0.4) is 0 Å². The Kier molecular flexibility index (Phi) is 20.9. The Hall–Kier alpha value is -6.13. The van der Waals surface area contributed by atoms with Crippen LogP contribution in [-0.2, 0) is 43.6 Å². The molecule has 6 heterocycles. The van der Waals surface area contributed by atoms with Gasteiger partial charge in [-0.15, -0.1) is 11.3 Å². The van der Waals surface area contributed by atoms with Crippen LogP contribution >= 0.6 is 11.3 Å². The monoisotopic (exact) mass is 1110 g/mol. The Bertz CT molecular complexity index is 2840. The van der Waals surface area contributed by atoms with Gasteiger partial charge in [0.05, 0.1) is 67.0 Å². The first kappa shape index (κ1) is 58.5. The third-order valence-electron chi connectivity index (χ3n) is 15.3. The van der Waals surface area contributed by atoms with Crippen molar-refractivity contribution in [3.63, 3.8) is 0 Å². The van der Waals surface area contributed by atoms with Crippen LogP contribution in [0.25, 0.3) is 21.7 Å². The highest BCUT2D eigenvalue weighted by atomic mass is 32.1. The fraction of sp³-hybridized carbons (Fsp3) is 0.492. The Morgan fingerprint density at radius 3 is 2.21 bits per heavy atom. The van der Waals surface area contributed by atoms with Gasteiger partial charge in [0, 0.05) is 127 Å². The number of aliphatic hydroxyl groups is 1. The van der Waals surface area contributed by atoms with Crippen LogP contribution in [0, 0.1) is 12.3 Å². The molecular weight excluding hydrogens is 1030 g/mol. The molecule has 4 aliphatic rings. The van der Waals surface area contributed by atoms with Gasteiger partial charge in [0.15, 0.2) is 0 Å². The molecule has 3 atom stereocenters. The number of aryl methyl sites for hydroxylation is 1. The van der Waals surface area contributed by atoms with Crippen LogP contribution in [0.2, 0.25) is 0 Å². The Morgan fingerprint density at radius 2 is 1.52 bits per heavy atom. The Morgan fingerprint density at radius 1 is 0.838 bits per heavy atom. The van der Waals surface area contributed by atoms with Crippen molar-refractivity contribution in [2.75, 3.05) is 123 Å². The molecule has 18 nitrogen and oxygen atoms in total. The number of fused-ring (bicyclic) bond motifs is 7. The van der Waals surface area contributed by atoms with Gasteiger partial charge >= 0.3 is 0 Å². The predicted octanol–water partition coefficient (Wildman–Crippen LogP) is 6.35. The number of rotatable bonds is 19. The van der Waals surface area contributed by atoms with E-state index in [0.29, 0.717) is 64.3 Å². The van der Waals surface area contributed by atoms with E-state index in [4.69, 9.17) is 23.9 Å². The SMILES string of the molecule is C=C(NCc1ccc(-c2scnc2C)cc1)[C@@H]1C[C@@H](O)CN1C(=O)[C@@H](NC(=O)COCCN1CCN(CCN2CCN(CCOc3ccc4cc3COC/C=C/COCc3cccc(c3)-c3ccnc(n3)N4)CC2)CC1)C(C)(C)C. The maximum Gasteiger partial charge on any atom is 0.246 e. The van der Waals surface area contributed by atoms with Crippen LogP contribution in [0.5, 0.6) is 5.75 Å². The summed E-state index contributed by atoms with van der Waals surface area (Å²) < 4.78 is 24.3. The fourth-order valence-corrected chi connectivity index (χ4v) is 11.4. The minimum atomic E-state index is -0.814. The van der Waals surface area contributed by atoms with Gasteiger partial charge in [-0.05, 0) is 59.4 Å². The molecule has 0 saturated carbocycles. The summed E-state index contributed by atoms with van der Waals surface area (Å²) in [5.41, 5.74) is 9.87. The number of hydrogen-bond donors (Lipinski definition) is 4. The lowest BCUT2D eigenvalue weighted by Crippen LogP contribution is -2.57. The first-order valence-electron chi connectivity index (χ1n) is 28.2. The number of β-amino-alcohol motifs (C(OH)–C–C–N with tert-alkyl or cyclic N) is 1. The van der Waals surface area contributed by atoms with Crippen LogP contribution in [-0.4, -0.2) is 193 Å². The molecule has 4 aliphatic heterocycles. The van der Waals surface area contributed by atoms with Crippen LogP contribution in [0.4, 0.5) is 11.6 Å². The lowest BCUT2D eigenvalue weighted by molar-refractivity contribution is -0.141. The number of aromatic nitrogens is 3. The smallest absolute Gasteiger partial charge is 0.246 e. The third-order valence-corrected chi connectivity index (χ3v) is 16.3. The van der Waals surface area contributed by atoms with Gasteiger partial charge in [-0.3, -0.25) is 29.2 Å². The zero-order valence-electron chi connectivity index (χ0n) is 47.1. The number of carbonyl (C=O) groups excluding carboxylic acids is 2. The lowest BCUT2D eigenvalue weighted by Gasteiger charge is -2.38. The number of piperazine rings is 2. The highest BCUT2D eigenvalue weighted by Crippen LogP contribution is 2.31. The summed E-state index contributed by atoms with van der Waals surface area (Å²) in [6, 6.07) is 23.3. The highest BCUT2D eigenvalue weighted by Gasteiger charge is 2.43. The number of amides is 2. The van der Waals surface area contributed by atoms with Gasteiger partial charge in [-0.1, -0.05) is 82.0 Å². The van der Waals surface area contributed by atoms with E-state index < -0.39 is 23.6 Å². The Balaban J connectivity index is 0.645. The molecule has 2 aromatic heterocycles. The molecule has 0 spiro atoms. The number of ether oxygens (including phenoxy) is 4. The zero-order valence-corrected chi connectivity index (χ0v) is 47.9. The van der Waals surface area contributed by atoms with Gasteiger partial charge in [0.1, 0.15) is 25.0 Å². The average molecular weight is 1110 g/mol. The van der Waals surface area contributed by atoms with E-state index in [1.165, 1.54) is 0 Å². The van der Waals surface area contributed by atoms with Gasteiger partial charge in [0.2, 0.25) is 17.8 Å². The van der Waals surface area contributed by atoms with Crippen LogP contribution in [0.15, 0.2) is 109 Å². The number of likely N-dealkylation sites (tertiary alicyclic amines) is 1. The topological polar surface area (TPSA) is 182 Å². The van der Waals surface area contributed by atoms with E-state index in [1.807, 2.05) is 69.6 Å². The average Bonchev–Trinajstić information content (AvgIpc) is 4.11. The number of nitrogens with one attached hydrogen (secondary N) is 3. The lowest BCUT2D eigenvalue weighted by atomic mass is 9.85.